The number of carbonyl (C=O) groups excluding carboxylic acids is 1. The van der Waals surface area contributed by atoms with E-state index in [4.69, 9.17) is 21.7 Å². The van der Waals surface area contributed by atoms with E-state index in [0.717, 1.165) is 31.2 Å². The van der Waals surface area contributed by atoms with E-state index in [2.05, 4.69) is 15.9 Å². The molecule has 2 aliphatic rings. The summed E-state index contributed by atoms with van der Waals surface area (Å²) < 4.78 is 25.6. The average molecular weight is 533 g/mol. The topological polar surface area (TPSA) is 42.0 Å². The number of thiocarbonyl (C=S) groups is 1. The van der Waals surface area contributed by atoms with E-state index in [0.29, 0.717) is 32.3 Å². The summed E-state index contributed by atoms with van der Waals surface area (Å²) in [5, 5.41) is 0.555. The van der Waals surface area contributed by atoms with Crippen molar-refractivity contribution in [1.82, 2.24) is 9.80 Å². The predicted molar refractivity (Wildman–Crippen MR) is 133 cm³/mol. The molecule has 2 aromatic carbocycles. The van der Waals surface area contributed by atoms with E-state index in [1.165, 1.54) is 18.6 Å². The van der Waals surface area contributed by atoms with Gasteiger partial charge in [-0.3, -0.25) is 9.69 Å². The normalized spacial score (nSPS) is 18.4. The van der Waals surface area contributed by atoms with Crippen LogP contribution in [0.2, 0.25) is 0 Å². The van der Waals surface area contributed by atoms with Crippen LogP contribution >= 0.6 is 28.1 Å². The van der Waals surface area contributed by atoms with Crippen LogP contribution in [0.25, 0.3) is 6.08 Å². The van der Waals surface area contributed by atoms with Crippen molar-refractivity contribution in [3.63, 3.8) is 0 Å². The molecule has 0 N–H and O–H groups in total. The Hall–Kier alpha value is -2.45. The number of methoxy groups -OCH3 is 1. The maximum atomic E-state index is 13.5. The second-order valence-corrected chi connectivity index (χ2v) is 9.51. The molecule has 2 fully saturated rings. The third-order valence-corrected chi connectivity index (χ3v) is 7.12. The van der Waals surface area contributed by atoms with Gasteiger partial charge in [0, 0.05) is 13.1 Å². The molecule has 4 rings (SSSR count). The van der Waals surface area contributed by atoms with Crippen LogP contribution in [0.4, 0.5) is 4.39 Å². The molecule has 1 saturated heterocycles. The van der Waals surface area contributed by atoms with Crippen LogP contribution in [0.1, 0.15) is 43.2 Å². The van der Waals surface area contributed by atoms with Crippen molar-refractivity contribution in [1.29, 1.82) is 0 Å². The van der Waals surface area contributed by atoms with Crippen LogP contribution in [0.15, 0.2) is 46.6 Å². The number of rotatable bonds is 6. The lowest BCUT2D eigenvalue weighted by Crippen LogP contribution is -2.41. The minimum absolute atomic E-state index is 0.0593. The van der Waals surface area contributed by atoms with Crippen molar-refractivity contribution < 1.29 is 18.7 Å². The SMILES string of the molecule is COc1cc(/C=C2/C(=O)N(C3CCCCC3)C(=S)N2C)cc(Br)c1OCc1cccc(F)c1. The summed E-state index contributed by atoms with van der Waals surface area (Å²) in [6.07, 6.45) is 7.27. The summed E-state index contributed by atoms with van der Waals surface area (Å²) in [6, 6.07) is 10.1. The third kappa shape index (κ3) is 5.06. The second kappa shape index (κ2) is 10.2. The van der Waals surface area contributed by atoms with Crippen LogP contribution in [-0.4, -0.2) is 41.0 Å². The van der Waals surface area contributed by atoms with Gasteiger partial charge in [0.2, 0.25) is 0 Å². The van der Waals surface area contributed by atoms with Gasteiger partial charge in [0.15, 0.2) is 16.6 Å². The largest absolute Gasteiger partial charge is 0.493 e. The maximum absolute atomic E-state index is 13.5. The number of benzene rings is 2. The van der Waals surface area contributed by atoms with Gasteiger partial charge in [0.25, 0.3) is 5.91 Å². The van der Waals surface area contributed by atoms with Gasteiger partial charge < -0.3 is 14.4 Å². The highest BCUT2D eigenvalue weighted by atomic mass is 79.9. The monoisotopic (exact) mass is 532 g/mol. The zero-order chi connectivity index (χ0) is 23.5. The fourth-order valence-corrected chi connectivity index (χ4v) is 5.25. The van der Waals surface area contributed by atoms with Crippen LogP contribution in [0.3, 0.4) is 0 Å². The second-order valence-electron chi connectivity index (χ2n) is 8.29. The van der Waals surface area contributed by atoms with Crippen molar-refractivity contribution in [3.05, 3.63) is 63.5 Å². The van der Waals surface area contributed by atoms with Crippen molar-refractivity contribution >= 4 is 45.2 Å². The standard InChI is InChI=1S/C25H26BrFN2O3S/c1-28-21(24(30)29(25(28)33)19-9-4-3-5-10-19)13-17-12-20(26)23(22(14-17)31-2)32-15-16-7-6-8-18(27)11-16/h6-8,11-14,19H,3-5,9-10,15H2,1-2H3/b21-13-. The summed E-state index contributed by atoms with van der Waals surface area (Å²) in [4.78, 5) is 16.8. The van der Waals surface area contributed by atoms with Gasteiger partial charge in [-0.15, -0.1) is 0 Å². The molecule has 8 heteroatoms. The van der Waals surface area contributed by atoms with E-state index in [1.807, 2.05) is 25.3 Å². The summed E-state index contributed by atoms with van der Waals surface area (Å²) >= 11 is 9.16. The molecule has 0 aromatic heterocycles. The number of halogens is 2. The summed E-state index contributed by atoms with van der Waals surface area (Å²) in [6.45, 7) is 0.193. The predicted octanol–water partition coefficient (Wildman–Crippen LogP) is 5.91. The average Bonchev–Trinajstić information content (AvgIpc) is 3.01. The van der Waals surface area contributed by atoms with E-state index in [1.54, 1.807) is 29.0 Å². The van der Waals surface area contributed by atoms with Crippen molar-refractivity contribution in [3.8, 4) is 11.5 Å². The molecule has 1 amide bonds. The minimum Gasteiger partial charge on any atom is -0.493 e. The molecule has 0 spiro atoms. The Morgan fingerprint density at radius 3 is 2.67 bits per heavy atom. The Kier molecular flexibility index (Phi) is 7.34. The first-order valence-electron chi connectivity index (χ1n) is 11.0. The first-order valence-corrected chi connectivity index (χ1v) is 12.2. The molecule has 1 aliphatic heterocycles. The zero-order valence-electron chi connectivity index (χ0n) is 18.6. The number of amides is 1. The molecule has 1 aliphatic carbocycles. The molecule has 0 bridgehead atoms. The zero-order valence-corrected chi connectivity index (χ0v) is 21.0. The van der Waals surface area contributed by atoms with Crippen LogP contribution in [0, 0.1) is 5.82 Å². The Bertz CT molecular complexity index is 1100. The van der Waals surface area contributed by atoms with Gasteiger partial charge >= 0.3 is 0 Å². The van der Waals surface area contributed by atoms with Crippen LogP contribution < -0.4 is 9.47 Å². The lowest BCUT2D eigenvalue weighted by molar-refractivity contribution is -0.124. The van der Waals surface area contributed by atoms with Gasteiger partial charge in [-0.2, -0.15) is 0 Å². The lowest BCUT2D eigenvalue weighted by Gasteiger charge is -2.30. The molecular formula is C25H26BrFN2O3S. The molecule has 33 heavy (non-hydrogen) atoms. The summed E-state index contributed by atoms with van der Waals surface area (Å²) in [7, 11) is 3.39. The number of hydrogen-bond donors (Lipinski definition) is 0. The third-order valence-electron chi connectivity index (χ3n) is 6.06. The minimum atomic E-state index is -0.311. The fraction of sp³-hybridized carbons (Fsp3) is 0.360. The maximum Gasteiger partial charge on any atom is 0.277 e. The molecular weight excluding hydrogens is 507 g/mol. The highest BCUT2D eigenvalue weighted by Crippen LogP contribution is 2.38. The molecule has 1 heterocycles. The van der Waals surface area contributed by atoms with E-state index >= 15 is 0 Å². The molecule has 1 saturated carbocycles. The summed E-state index contributed by atoms with van der Waals surface area (Å²) in [5.41, 5.74) is 2.03. The van der Waals surface area contributed by atoms with Gasteiger partial charge in [-0.25, -0.2) is 4.39 Å². The number of hydrogen-bond acceptors (Lipinski definition) is 4. The van der Waals surface area contributed by atoms with Crippen molar-refractivity contribution in [2.24, 2.45) is 0 Å². The highest BCUT2D eigenvalue weighted by molar-refractivity contribution is 9.10. The van der Waals surface area contributed by atoms with Gasteiger partial charge in [-0.05, 0) is 82.5 Å². The number of nitrogens with zero attached hydrogens (tertiary/aromatic N) is 2. The molecule has 174 valence electrons. The molecule has 2 aromatic rings. The highest BCUT2D eigenvalue weighted by Gasteiger charge is 2.40. The van der Waals surface area contributed by atoms with E-state index in [9.17, 15) is 9.18 Å². The Morgan fingerprint density at radius 2 is 1.97 bits per heavy atom. The quantitative estimate of drug-likeness (QED) is 0.341. The van der Waals surface area contributed by atoms with Crippen LogP contribution in [-0.2, 0) is 11.4 Å². The van der Waals surface area contributed by atoms with Gasteiger partial charge in [0.05, 0.1) is 11.6 Å². The molecule has 0 unspecified atom stereocenters. The van der Waals surface area contributed by atoms with E-state index < -0.39 is 0 Å². The number of carbonyl (C=O) groups is 1. The van der Waals surface area contributed by atoms with Gasteiger partial charge in [0.1, 0.15) is 18.1 Å². The first kappa shape index (κ1) is 23.7. The van der Waals surface area contributed by atoms with Gasteiger partial charge in [-0.1, -0.05) is 31.4 Å². The van der Waals surface area contributed by atoms with Crippen molar-refractivity contribution in [2.75, 3.05) is 14.2 Å². The first-order chi connectivity index (χ1) is 15.9. The lowest BCUT2D eigenvalue weighted by atomic mass is 9.94. The molecule has 5 nitrogen and oxygen atoms in total. The number of likely N-dealkylation sites (N-methyl/N-ethyl adjacent to an activating group) is 1. The summed E-state index contributed by atoms with van der Waals surface area (Å²) in [5.74, 6) is 0.646. The molecule has 0 atom stereocenters. The smallest absolute Gasteiger partial charge is 0.277 e. The number of ether oxygens (including phenoxy) is 2. The van der Waals surface area contributed by atoms with E-state index in [-0.39, 0.29) is 24.4 Å². The molecule has 0 radical (unpaired) electrons. The van der Waals surface area contributed by atoms with Crippen molar-refractivity contribution in [2.45, 2.75) is 44.8 Å². The Labute approximate surface area is 207 Å². The fourth-order valence-electron chi connectivity index (χ4n) is 4.34. The Balaban J connectivity index is 1.58. The van der Waals surface area contributed by atoms with Crippen LogP contribution in [0.5, 0.6) is 11.5 Å². The Morgan fingerprint density at radius 1 is 1.21 bits per heavy atom.